The lowest BCUT2D eigenvalue weighted by Crippen LogP contribution is -2.46. The first-order chi connectivity index (χ1) is 20.2. The van der Waals surface area contributed by atoms with Crippen LogP contribution < -0.4 is 10.1 Å². The maximum absolute atomic E-state index is 13.3. The Kier molecular flexibility index (Phi) is 7.74. The zero-order valence-corrected chi connectivity index (χ0v) is 24.4. The molecule has 2 aromatic rings. The van der Waals surface area contributed by atoms with Crippen molar-refractivity contribution in [2.45, 2.75) is 44.8 Å². The molecular formula is C32H33ClN4O5. The van der Waals surface area contributed by atoms with E-state index < -0.39 is 6.10 Å². The summed E-state index contributed by atoms with van der Waals surface area (Å²) >= 11 is 6.15. The van der Waals surface area contributed by atoms with Gasteiger partial charge in [0.2, 0.25) is 0 Å². The van der Waals surface area contributed by atoms with Gasteiger partial charge in [-0.05, 0) is 81.4 Å². The number of benzene rings is 2. The number of aryl methyl sites for hydroxylation is 1. The van der Waals surface area contributed by atoms with Crippen LogP contribution in [0.4, 0.5) is 5.69 Å². The number of piperidine rings is 1. The number of ketones is 1. The zero-order chi connectivity index (χ0) is 29.5. The van der Waals surface area contributed by atoms with E-state index in [0.29, 0.717) is 45.3 Å². The van der Waals surface area contributed by atoms with Crippen molar-refractivity contribution in [1.82, 2.24) is 9.80 Å². The number of aliphatic hydroxyl groups is 1. The Morgan fingerprint density at radius 1 is 1.12 bits per heavy atom. The number of rotatable bonds is 6. The molecule has 0 bridgehead atoms. The van der Waals surface area contributed by atoms with Crippen LogP contribution in [0.15, 0.2) is 58.7 Å². The third-order valence-corrected chi connectivity index (χ3v) is 8.73. The zero-order valence-electron chi connectivity index (χ0n) is 23.7. The Morgan fingerprint density at radius 2 is 1.86 bits per heavy atom. The van der Waals surface area contributed by atoms with Gasteiger partial charge in [-0.25, -0.2) is 0 Å². The summed E-state index contributed by atoms with van der Waals surface area (Å²) in [5, 5.41) is 14.4. The number of ether oxygens (including phenoxy) is 1. The lowest BCUT2D eigenvalue weighted by molar-refractivity contribution is -0.114. The molecule has 2 amide bonds. The summed E-state index contributed by atoms with van der Waals surface area (Å²) < 4.78 is 5.67. The van der Waals surface area contributed by atoms with Gasteiger partial charge in [-0.1, -0.05) is 23.7 Å². The fourth-order valence-corrected chi connectivity index (χ4v) is 6.09. The maximum Gasteiger partial charge on any atom is 0.261 e. The number of fused-ring (bicyclic) bond motifs is 2. The second-order valence-corrected chi connectivity index (χ2v) is 11.8. The van der Waals surface area contributed by atoms with E-state index in [9.17, 15) is 19.5 Å². The number of hydrogen-bond acceptors (Lipinski definition) is 8. The predicted molar refractivity (Wildman–Crippen MR) is 161 cm³/mol. The fraction of sp³-hybridized carbons (Fsp3) is 0.375. The van der Waals surface area contributed by atoms with E-state index >= 15 is 0 Å². The summed E-state index contributed by atoms with van der Waals surface area (Å²) in [6.45, 7) is 3.67. The summed E-state index contributed by atoms with van der Waals surface area (Å²) in [5.41, 5.74) is 4.94. The molecule has 1 atom stereocenters. The molecule has 42 heavy (non-hydrogen) atoms. The molecule has 1 fully saturated rings. The largest absolute Gasteiger partial charge is 0.491 e. The number of nitrogens with zero attached hydrogens (tertiary/aromatic N) is 3. The van der Waals surface area contributed by atoms with Crippen LogP contribution in [0.25, 0.3) is 0 Å². The van der Waals surface area contributed by atoms with E-state index in [1.807, 2.05) is 20.0 Å². The standard InChI is InChI=1S/C32H33ClN4O5/c1-18-6-7-22(14-25(18)33)42-17-21(38)16-34-26-4-3-5-29(39)30(26)28-13-19-12-23-24(15-27(19)35-28)32(41)37(31(23)40)20-8-10-36(2)11-9-20/h3-4,6-7,12,14-15,20-21,35,38H,5,8-11,13,16-17H2,1-2H3/t21-/m1/s1. The molecule has 3 aliphatic heterocycles. The van der Waals surface area contributed by atoms with Gasteiger partial charge >= 0.3 is 0 Å². The van der Waals surface area contributed by atoms with Crippen molar-refractivity contribution in [2.24, 2.45) is 4.99 Å². The molecule has 218 valence electrons. The van der Waals surface area contributed by atoms with E-state index in [1.165, 1.54) is 4.90 Å². The van der Waals surface area contributed by atoms with Gasteiger partial charge in [0.15, 0.2) is 5.78 Å². The van der Waals surface area contributed by atoms with Crippen molar-refractivity contribution in [3.63, 3.8) is 0 Å². The molecule has 6 rings (SSSR count). The van der Waals surface area contributed by atoms with Gasteiger partial charge in [-0.2, -0.15) is 0 Å². The minimum Gasteiger partial charge on any atom is -0.491 e. The van der Waals surface area contributed by atoms with Crippen LogP contribution >= 0.6 is 11.6 Å². The number of halogens is 1. The number of aliphatic hydroxyl groups excluding tert-OH is 1. The van der Waals surface area contributed by atoms with Gasteiger partial charge < -0.3 is 20.1 Å². The average Bonchev–Trinajstić information content (AvgIpc) is 3.49. The number of nitrogens with one attached hydrogen (secondary N) is 1. The third kappa shape index (κ3) is 5.40. The van der Waals surface area contributed by atoms with Crippen molar-refractivity contribution in [3.8, 4) is 5.75 Å². The summed E-state index contributed by atoms with van der Waals surface area (Å²) in [6.07, 6.45) is 4.85. The van der Waals surface area contributed by atoms with Crippen LogP contribution in [0.2, 0.25) is 5.02 Å². The van der Waals surface area contributed by atoms with E-state index in [1.54, 1.807) is 36.4 Å². The first-order valence-corrected chi connectivity index (χ1v) is 14.6. The van der Waals surface area contributed by atoms with Crippen molar-refractivity contribution in [1.29, 1.82) is 0 Å². The van der Waals surface area contributed by atoms with E-state index in [-0.39, 0.29) is 43.2 Å². The van der Waals surface area contributed by atoms with Crippen molar-refractivity contribution in [2.75, 3.05) is 38.6 Å². The Balaban J connectivity index is 1.18. The number of amides is 2. The van der Waals surface area contributed by atoms with Gasteiger partial charge in [0.1, 0.15) is 18.5 Å². The monoisotopic (exact) mass is 588 g/mol. The Bertz CT molecular complexity index is 1520. The highest BCUT2D eigenvalue weighted by Gasteiger charge is 2.42. The van der Waals surface area contributed by atoms with Crippen LogP contribution in [-0.2, 0) is 11.2 Å². The molecule has 0 spiro atoms. The van der Waals surface area contributed by atoms with Gasteiger partial charge in [-0.15, -0.1) is 0 Å². The number of hydrogen-bond donors (Lipinski definition) is 2. The molecule has 2 aromatic carbocycles. The van der Waals surface area contributed by atoms with Gasteiger partial charge in [0.05, 0.1) is 29.0 Å². The molecule has 0 saturated carbocycles. The van der Waals surface area contributed by atoms with Crippen molar-refractivity contribution in [3.05, 3.63) is 81.0 Å². The quantitative estimate of drug-likeness (QED) is 0.388. The summed E-state index contributed by atoms with van der Waals surface area (Å²) in [5.74, 6) is -0.0198. The second-order valence-electron chi connectivity index (χ2n) is 11.4. The van der Waals surface area contributed by atoms with Gasteiger partial charge in [0.25, 0.3) is 11.8 Å². The van der Waals surface area contributed by atoms with Crippen molar-refractivity contribution >= 4 is 40.6 Å². The van der Waals surface area contributed by atoms with Crippen LogP contribution in [0.1, 0.15) is 51.1 Å². The number of carbonyl (C=O) groups is 3. The van der Waals surface area contributed by atoms with Gasteiger partial charge in [0, 0.05) is 35.3 Å². The molecule has 0 aromatic heterocycles. The molecule has 2 N–H and O–H groups in total. The lowest BCUT2D eigenvalue weighted by Gasteiger charge is -2.33. The topological polar surface area (TPSA) is 112 Å². The lowest BCUT2D eigenvalue weighted by atomic mass is 9.94. The summed E-state index contributed by atoms with van der Waals surface area (Å²) in [6, 6.07) is 8.78. The second kappa shape index (κ2) is 11.5. The molecule has 4 aliphatic rings. The summed E-state index contributed by atoms with van der Waals surface area (Å²) in [7, 11) is 2.05. The molecule has 1 saturated heterocycles. The molecule has 3 heterocycles. The number of aliphatic imine (C=N–C) groups is 1. The SMILES string of the molecule is Cc1ccc(OC[C@H](O)CN=C2C=CCC(=O)C2=C2Cc3cc4c(cc3N2)C(=O)N(C2CCN(C)CC2)C4=O)cc1Cl. The first-order valence-electron chi connectivity index (χ1n) is 14.2. The molecule has 1 aliphatic carbocycles. The van der Waals surface area contributed by atoms with E-state index in [0.717, 1.165) is 42.7 Å². The van der Waals surface area contributed by atoms with Crippen LogP contribution in [0.3, 0.4) is 0 Å². The molecule has 0 unspecified atom stereocenters. The Hall–Kier alpha value is -3.79. The maximum atomic E-state index is 13.3. The Morgan fingerprint density at radius 3 is 2.60 bits per heavy atom. The molecule has 9 nitrogen and oxygen atoms in total. The van der Waals surface area contributed by atoms with Crippen LogP contribution in [0, 0.1) is 6.92 Å². The highest BCUT2D eigenvalue weighted by atomic mass is 35.5. The van der Waals surface area contributed by atoms with Crippen molar-refractivity contribution < 1.29 is 24.2 Å². The highest BCUT2D eigenvalue weighted by molar-refractivity contribution is 6.31. The van der Waals surface area contributed by atoms with E-state index in [2.05, 4.69) is 15.2 Å². The highest BCUT2D eigenvalue weighted by Crippen LogP contribution is 2.38. The third-order valence-electron chi connectivity index (χ3n) is 8.32. The smallest absolute Gasteiger partial charge is 0.261 e. The molecular weight excluding hydrogens is 556 g/mol. The number of likely N-dealkylation sites (tertiary alicyclic amines) is 1. The first kappa shape index (κ1) is 28.3. The minimum absolute atomic E-state index is 0.0195. The van der Waals surface area contributed by atoms with E-state index in [4.69, 9.17) is 16.3 Å². The number of Topliss-reactive ketones (excluding diaryl/α,β-unsaturated/α-hetero) is 1. The minimum atomic E-state index is -0.893. The number of imide groups is 1. The molecule has 0 radical (unpaired) electrons. The Labute approximate surface area is 249 Å². The number of carbonyl (C=O) groups excluding carboxylic acids is 3. The van der Waals surface area contributed by atoms with Crippen LogP contribution in [-0.4, -0.2) is 83.7 Å². The van der Waals surface area contributed by atoms with Crippen LogP contribution in [0.5, 0.6) is 5.75 Å². The number of anilines is 1. The molecule has 10 heteroatoms. The summed E-state index contributed by atoms with van der Waals surface area (Å²) in [4.78, 5) is 47.9. The average molecular weight is 589 g/mol. The fourth-order valence-electron chi connectivity index (χ4n) is 5.92. The van der Waals surface area contributed by atoms with Gasteiger partial charge in [-0.3, -0.25) is 24.3 Å². The normalized spacial score (nSPS) is 22.5. The number of allylic oxidation sites excluding steroid dienone is 4. The predicted octanol–water partition coefficient (Wildman–Crippen LogP) is 3.97.